The number of aliphatic hydroxyl groups excluding tert-OH is 1. The highest BCUT2D eigenvalue weighted by Gasteiger charge is 2.04. The summed E-state index contributed by atoms with van der Waals surface area (Å²) < 4.78 is 0. The smallest absolute Gasteiger partial charge is 0.140 e. The first-order valence-electron chi connectivity index (χ1n) is 5.09. The first-order valence-corrected chi connectivity index (χ1v) is 5.09. The van der Waals surface area contributed by atoms with E-state index in [9.17, 15) is 0 Å². The summed E-state index contributed by atoms with van der Waals surface area (Å²) in [4.78, 5) is 5.95. The Labute approximate surface area is 95.5 Å². The fourth-order valence-electron chi connectivity index (χ4n) is 1.45. The van der Waals surface area contributed by atoms with E-state index in [1.165, 1.54) is 0 Å². The Kier molecular flexibility index (Phi) is 5.20. The molecule has 0 saturated carbocycles. The van der Waals surface area contributed by atoms with Gasteiger partial charge in [0.1, 0.15) is 11.8 Å². The zero-order valence-electron chi connectivity index (χ0n) is 9.13. The molecule has 4 heteroatoms. The molecule has 4 nitrogen and oxygen atoms in total. The van der Waals surface area contributed by atoms with E-state index in [0.717, 1.165) is 5.56 Å². The lowest BCUT2D eigenvalue weighted by Gasteiger charge is -2.19. The lowest BCUT2D eigenvalue weighted by molar-refractivity contribution is 0.203. The topological polar surface area (TPSA) is 60.1 Å². The van der Waals surface area contributed by atoms with Gasteiger partial charge in [-0.15, -0.1) is 6.58 Å². The van der Waals surface area contributed by atoms with Crippen molar-refractivity contribution in [2.75, 3.05) is 19.7 Å². The van der Waals surface area contributed by atoms with Crippen molar-refractivity contribution in [2.24, 2.45) is 0 Å². The van der Waals surface area contributed by atoms with Gasteiger partial charge in [0, 0.05) is 25.8 Å². The van der Waals surface area contributed by atoms with Gasteiger partial charge in [-0.2, -0.15) is 5.26 Å². The van der Waals surface area contributed by atoms with Gasteiger partial charge in [0.2, 0.25) is 0 Å². The van der Waals surface area contributed by atoms with Crippen molar-refractivity contribution >= 4 is 0 Å². The highest BCUT2D eigenvalue weighted by molar-refractivity contribution is 5.25. The molecule has 0 bridgehead atoms. The normalized spacial score (nSPS) is 10.1. The summed E-state index contributed by atoms with van der Waals surface area (Å²) in [7, 11) is 0. The van der Waals surface area contributed by atoms with Crippen LogP contribution in [0.25, 0.3) is 0 Å². The van der Waals surface area contributed by atoms with E-state index in [4.69, 9.17) is 10.4 Å². The maximum absolute atomic E-state index is 8.90. The standard InChI is InChI=1S/C12H15N3O/c1-2-5-15(6-7-16)10-11-3-4-14-12(8-11)9-13/h2-4,8,16H,1,5-7,10H2. The first kappa shape index (κ1) is 12.4. The van der Waals surface area contributed by atoms with Crippen molar-refractivity contribution in [2.45, 2.75) is 6.54 Å². The second kappa shape index (κ2) is 6.72. The van der Waals surface area contributed by atoms with Crippen LogP contribution in [0, 0.1) is 11.3 Å². The zero-order chi connectivity index (χ0) is 11.8. The molecule has 1 aromatic rings. The Morgan fingerprint density at radius 1 is 1.62 bits per heavy atom. The monoisotopic (exact) mass is 217 g/mol. The van der Waals surface area contributed by atoms with Gasteiger partial charge in [0.25, 0.3) is 0 Å². The van der Waals surface area contributed by atoms with E-state index < -0.39 is 0 Å². The van der Waals surface area contributed by atoms with Crippen LogP contribution in [0.2, 0.25) is 0 Å². The summed E-state index contributed by atoms with van der Waals surface area (Å²) in [6.07, 6.45) is 3.42. The number of nitrogens with zero attached hydrogens (tertiary/aromatic N) is 3. The average Bonchev–Trinajstić information content (AvgIpc) is 2.30. The molecule has 0 aliphatic carbocycles. The molecule has 0 aliphatic rings. The minimum absolute atomic E-state index is 0.115. The third-order valence-electron chi connectivity index (χ3n) is 2.15. The number of pyridine rings is 1. The maximum Gasteiger partial charge on any atom is 0.140 e. The molecular weight excluding hydrogens is 202 g/mol. The molecular formula is C12H15N3O. The van der Waals surface area contributed by atoms with Gasteiger partial charge in [-0.25, -0.2) is 4.98 Å². The Balaban J connectivity index is 2.68. The van der Waals surface area contributed by atoms with Crippen LogP contribution in [0.3, 0.4) is 0 Å². The summed E-state index contributed by atoms with van der Waals surface area (Å²) in [5.74, 6) is 0. The largest absolute Gasteiger partial charge is 0.395 e. The van der Waals surface area contributed by atoms with Crippen molar-refractivity contribution < 1.29 is 5.11 Å². The van der Waals surface area contributed by atoms with Gasteiger partial charge in [-0.05, 0) is 17.7 Å². The van der Waals surface area contributed by atoms with Gasteiger partial charge in [-0.3, -0.25) is 4.90 Å². The van der Waals surface area contributed by atoms with E-state index in [1.54, 1.807) is 18.3 Å². The van der Waals surface area contributed by atoms with Crippen molar-refractivity contribution in [1.82, 2.24) is 9.88 Å². The van der Waals surface area contributed by atoms with Crippen LogP contribution in [0.5, 0.6) is 0 Å². The second-order valence-corrected chi connectivity index (χ2v) is 3.41. The van der Waals surface area contributed by atoms with Crippen LogP contribution < -0.4 is 0 Å². The number of hydrogen-bond donors (Lipinski definition) is 1. The zero-order valence-corrected chi connectivity index (χ0v) is 9.13. The summed E-state index contributed by atoms with van der Waals surface area (Å²) in [5.41, 5.74) is 1.43. The molecule has 0 spiro atoms. The second-order valence-electron chi connectivity index (χ2n) is 3.41. The predicted octanol–water partition coefficient (Wildman–Crippen LogP) is 0.934. The van der Waals surface area contributed by atoms with Gasteiger partial charge in [0.05, 0.1) is 6.61 Å². The Morgan fingerprint density at radius 2 is 2.44 bits per heavy atom. The van der Waals surface area contributed by atoms with Crippen LogP contribution >= 0.6 is 0 Å². The van der Waals surface area contributed by atoms with Crippen LogP contribution in [0.1, 0.15) is 11.3 Å². The highest BCUT2D eigenvalue weighted by Crippen LogP contribution is 2.05. The molecule has 0 aromatic carbocycles. The van der Waals surface area contributed by atoms with E-state index in [-0.39, 0.29) is 6.61 Å². The van der Waals surface area contributed by atoms with Gasteiger partial charge in [0.15, 0.2) is 0 Å². The van der Waals surface area contributed by atoms with Crippen LogP contribution in [0.4, 0.5) is 0 Å². The molecule has 84 valence electrons. The molecule has 0 aliphatic heterocycles. The number of rotatable bonds is 6. The minimum atomic E-state index is 0.115. The molecule has 0 atom stereocenters. The Bertz CT molecular complexity index is 384. The fourth-order valence-corrected chi connectivity index (χ4v) is 1.45. The van der Waals surface area contributed by atoms with E-state index in [1.807, 2.05) is 17.0 Å². The summed E-state index contributed by atoms with van der Waals surface area (Å²) in [6, 6.07) is 5.63. The SMILES string of the molecule is C=CCN(CCO)Cc1ccnc(C#N)c1. The summed E-state index contributed by atoms with van der Waals surface area (Å²) >= 11 is 0. The molecule has 0 radical (unpaired) electrons. The third kappa shape index (κ3) is 3.81. The van der Waals surface area contributed by atoms with E-state index >= 15 is 0 Å². The van der Waals surface area contributed by atoms with Gasteiger partial charge in [-0.1, -0.05) is 6.08 Å². The fraction of sp³-hybridized carbons (Fsp3) is 0.333. The van der Waals surface area contributed by atoms with Crippen LogP contribution in [0.15, 0.2) is 31.0 Å². The number of hydrogen-bond acceptors (Lipinski definition) is 4. The Morgan fingerprint density at radius 3 is 3.06 bits per heavy atom. The third-order valence-corrected chi connectivity index (χ3v) is 2.15. The Hall–Kier alpha value is -1.70. The molecule has 0 saturated heterocycles. The first-order chi connectivity index (χ1) is 7.80. The molecule has 1 N–H and O–H groups in total. The number of aromatic nitrogens is 1. The maximum atomic E-state index is 8.90. The van der Waals surface area contributed by atoms with Crippen molar-refractivity contribution in [3.05, 3.63) is 42.2 Å². The number of nitriles is 1. The van der Waals surface area contributed by atoms with Crippen molar-refractivity contribution in [3.63, 3.8) is 0 Å². The highest BCUT2D eigenvalue weighted by atomic mass is 16.3. The lowest BCUT2D eigenvalue weighted by atomic mass is 10.2. The van der Waals surface area contributed by atoms with E-state index in [0.29, 0.717) is 25.3 Å². The van der Waals surface area contributed by atoms with Crippen LogP contribution in [-0.2, 0) is 6.54 Å². The summed E-state index contributed by atoms with van der Waals surface area (Å²) in [6.45, 7) is 5.78. The number of aliphatic hydroxyl groups is 1. The van der Waals surface area contributed by atoms with Gasteiger partial charge < -0.3 is 5.11 Å². The lowest BCUT2D eigenvalue weighted by Crippen LogP contribution is -2.26. The van der Waals surface area contributed by atoms with Gasteiger partial charge >= 0.3 is 0 Å². The van der Waals surface area contributed by atoms with Crippen LogP contribution in [-0.4, -0.2) is 34.7 Å². The molecule has 1 rings (SSSR count). The molecule has 16 heavy (non-hydrogen) atoms. The van der Waals surface area contributed by atoms with Crippen molar-refractivity contribution in [3.8, 4) is 6.07 Å². The molecule has 0 amide bonds. The van der Waals surface area contributed by atoms with Crippen molar-refractivity contribution in [1.29, 1.82) is 5.26 Å². The minimum Gasteiger partial charge on any atom is -0.395 e. The molecule has 0 unspecified atom stereocenters. The average molecular weight is 217 g/mol. The molecule has 0 fully saturated rings. The molecule has 1 heterocycles. The molecule has 1 aromatic heterocycles. The quantitative estimate of drug-likeness (QED) is 0.720. The predicted molar refractivity (Wildman–Crippen MR) is 61.5 cm³/mol. The summed E-state index contributed by atoms with van der Waals surface area (Å²) in [5, 5.41) is 17.6. The van der Waals surface area contributed by atoms with E-state index in [2.05, 4.69) is 11.6 Å².